The molecule has 0 saturated carbocycles. The van der Waals surface area contributed by atoms with Crippen LogP contribution in [-0.2, 0) is 57.2 Å². The number of amides is 4. The Morgan fingerprint density at radius 2 is 0.764 bits per heavy atom. The molecule has 0 radical (unpaired) electrons. The van der Waals surface area contributed by atoms with Crippen molar-refractivity contribution in [3.05, 3.63) is 95.1 Å². The number of carbonyl (C=O) groups is 10. The molecule has 18 nitrogen and oxygen atoms in total. The van der Waals surface area contributed by atoms with E-state index in [1.807, 2.05) is 24.3 Å². The summed E-state index contributed by atoms with van der Waals surface area (Å²) in [6.45, 7) is -0.377. The largest absolute Gasteiger partial charge is 0.465 e. The van der Waals surface area contributed by atoms with E-state index in [4.69, 9.17) is 28.4 Å². The Morgan fingerprint density at radius 1 is 0.458 bits per heavy atom. The molecule has 0 aliphatic carbocycles. The first-order valence-corrected chi connectivity index (χ1v) is 25.3. The fourth-order valence-electron chi connectivity index (χ4n) is 7.43. The normalized spacial score (nSPS) is 13.2. The molecule has 4 aromatic rings. The predicted molar refractivity (Wildman–Crippen MR) is 274 cm³/mol. The van der Waals surface area contributed by atoms with Gasteiger partial charge < -0.3 is 28.4 Å². The average molecular weight is 1070 g/mol. The first-order valence-electron chi connectivity index (χ1n) is 22.7. The number of thiol groups is 4. The van der Waals surface area contributed by atoms with E-state index in [1.165, 1.54) is 6.92 Å². The minimum atomic E-state index is -1.25. The Balaban J connectivity index is 0.000000292. The Morgan fingerprint density at radius 3 is 1.07 bits per heavy atom. The highest BCUT2D eigenvalue weighted by Gasteiger charge is 2.38. The van der Waals surface area contributed by atoms with Gasteiger partial charge >= 0.3 is 35.8 Å². The van der Waals surface area contributed by atoms with Crippen molar-refractivity contribution in [2.24, 2.45) is 11.3 Å². The van der Waals surface area contributed by atoms with E-state index in [9.17, 15) is 47.9 Å². The van der Waals surface area contributed by atoms with E-state index >= 15 is 0 Å². The topological polar surface area (TPSA) is 233 Å². The van der Waals surface area contributed by atoms with Gasteiger partial charge in [-0.05, 0) is 35.0 Å². The Labute approximate surface area is 436 Å². The molecule has 4 amide bonds. The molecule has 0 aromatic heterocycles. The van der Waals surface area contributed by atoms with Gasteiger partial charge in [0.2, 0.25) is 0 Å². The number of esters is 6. The molecule has 6 rings (SSSR count). The van der Waals surface area contributed by atoms with Crippen LogP contribution in [0.3, 0.4) is 0 Å². The molecule has 2 aliphatic rings. The molecule has 0 unspecified atom stereocenters. The molecule has 22 heteroatoms. The lowest BCUT2D eigenvalue weighted by Gasteiger charge is -2.31. The van der Waals surface area contributed by atoms with Crippen LogP contribution in [0.25, 0.3) is 21.5 Å². The van der Waals surface area contributed by atoms with Gasteiger partial charge in [0.15, 0.2) is 0 Å². The van der Waals surface area contributed by atoms with Gasteiger partial charge in [-0.3, -0.25) is 57.7 Å². The summed E-state index contributed by atoms with van der Waals surface area (Å²) in [5, 5.41) is 2.80. The van der Waals surface area contributed by atoms with Crippen molar-refractivity contribution < 1.29 is 76.4 Å². The van der Waals surface area contributed by atoms with Crippen LogP contribution >= 0.6 is 50.5 Å². The fraction of sp³-hybridized carbons (Fsp3) is 0.400. The molecule has 0 bridgehead atoms. The zero-order chi connectivity index (χ0) is 52.4. The van der Waals surface area contributed by atoms with E-state index in [0.29, 0.717) is 33.0 Å². The number of hydrogen-bond acceptors (Lipinski definition) is 20. The molecule has 0 N–H and O–H groups in total. The third kappa shape index (κ3) is 15.0. The second-order valence-corrected chi connectivity index (χ2v) is 18.3. The van der Waals surface area contributed by atoms with E-state index in [-0.39, 0.29) is 108 Å². The van der Waals surface area contributed by atoms with Crippen LogP contribution in [0.4, 0.5) is 0 Å². The maximum absolute atomic E-state index is 13.0. The monoisotopic (exact) mass is 1070 g/mol. The summed E-state index contributed by atoms with van der Waals surface area (Å²) in [4.78, 5) is 126. The van der Waals surface area contributed by atoms with Gasteiger partial charge in [-0.1, -0.05) is 55.5 Å². The van der Waals surface area contributed by atoms with Crippen molar-refractivity contribution in [3.8, 4) is 0 Å². The summed E-state index contributed by atoms with van der Waals surface area (Å²) >= 11 is 15.9. The number of ether oxygens (including phenoxy) is 6. The van der Waals surface area contributed by atoms with Crippen LogP contribution in [0.1, 0.15) is 80.5 Å². The standard InChI is InChI=1S/C33H26N2O8.C17H28O8S4/c1-19(33(41)43-17-15-35-31(39)24-12-4-8-21-9-5-13-25(28(21)24)32(35)40)18-26(36)42-16-14-34-29(37)22-10-2-6-20-7-3-11-23(27(20)22)30(34)38;18-13(1-5-26)22-9-17(10-23-14(19)2-6-27,11-24-15(20)3-7-28)12-25-16(21)4-8-29/h2-13,19H,14-18H2,1H3;26-29H,1-12H2/t19-;/m1./s1. The summed E-state index contributed by atoms with van der Waals surface area (Å²) in [5.41, 5.74) is 0.375. The van der Waals surface area contributed by atoms with E-state index in [0.717, 1.165) is 20.6 Å². The Bertz CT molecular complexity index is 2500. The zero-order valence-corrected chi connectivity index (χ0v) is 42.8. The molecule has 1 atom stereocenters. The molecule has 0 saturated heterocycles. The first kappa shape index (κ1) is 56.8. The highest BCUT2D eigenvalue weighted by molar-refractivity contribution is 7.80. The fourth-order valence-corrected chi connectivity index (χ4v) is 8.16. The number of rotatable bonds is 25. The second kappa shape index (κ2) is 27.6. The zero-order valence-electron chi connectivity index (χ0n) is 39.2. The predicted octanol–water partition coefficient (Wildman–Crippen LogP) is 5.42. The van der Waals surface area contributed by atoms with Crippen molar-refractivity contribution in [1.29, 1.82) is 0 Å². The molecule has 2 heterocycles. The van der Waals surface area contributed by atoms with E-state index in [2.05, 4.69) is 50.5 Å². The Hall–Kier alpha value is -6.10. The summed E-state index contributed by atoms with van der Waals surface area (Å²) in [6.07, 6.45) is -0.0239. The van der Waals surface area contributed by atoms with E-state index in [1.54, 1.807) is 48.5 Å². The van der Waals surface area contributed by atoms with Gasteiger partial charge in [-0.15, -0.1) is 0 Å². The number of benzene rings is 4. The van der Waals surface area contributed by atoms with Crippen molar-refractivity contribution in [2.45, 2.75) is 39.0 Å². The molecule has 2 aliphatic heterocycles. The minimum Gasteiger partial charge on any atom is -0.465 e. The third-order valence-electron chi connectivity index (χ3n) is 11.1. The maximum Gasteiger partial charge on any atom is 0.309 e. The number of carbonyl (C=O) groups excluding carboxylic acids is 10. The van der Waals surface area contributed by atoms with Gasteiger partial charge in [0, 0.05) is 56.0 Å². The van der Waals surface area contributed by atoms with Gasteiger partial charge in [-0.2, -0.15) is 50.5 Å². The van der Waals surface area contributed by atoms with Crippen LogP contribution in [0.5, 0.6) is 0 Å². The minimum absolute atomic E-state index is 0.0670. The third-order valence-corrected chi connectivity index (χ3v) is 12.0. The number of imide groups is 2. The molecule has 0 fully saturated rings. The molecule has 72 heavy (non-hydrogen) atoms. The van der Waals surface area contributed by atoms with Gasteiger partial charge in [-0.25, -0.2) is 0 Å². The second-order valence-electron chi connectivity index (χ2n) is 16.5. The summed E-state index contributed by atoms with van der Waals surface area (Å²) in [6, 6.07) is 20.9. The lowest BCUT2D eigenvalue weighted by atomic mass is 9.92. The van der Waals surface area contributed by atoms with Crippen molar-refractivity contribution in [1.82, 2.24) is 9.80 Å². The first-order chi connectivity index (χ1) is 34.6. The highest BCUT2D eigenvalue weighted by atomic mass is 32.1. The van der Waals surface area contributed by atoms with Crippen LogP contribution < -0.4 is 0 Å². The molecule has 4 aromatic carbocycles. The molecule has 384 valence electrons. The summed E-state index contributed by atoms with van der Waals surface area (Å²) in [5.74, 6) is -5.09. The number of nitrogens with zero attached hydrogens (tertiary/aromatic N) is 2. The maximum atomic E-state index is 13.0. The van der Waals surface area contributed by atoms with Crippen molar-refractivity contribution in [3.63, 3.8) is 0 Å². The number of hydrogen-bond donors (Lipinski definition) is 4. The summed E-state index contributed by atoms with van der Waals surface area (Å²) < 4.78 is 31.4. The Kier molecular flexibility index (Phi) is 21.8. The van der Waals surface area contributed by atoms with Crippen molar-refractivity contribution in [2.75, 3.05) is 75.7 Å². The smallest absolute Gasteiger partial charge is 0.309 e. The van der Waals surface area contributed by atoms with Gasteiger partial charge in [0.1, 0.15) is 45.1 Å². The van der Waals surface area contributed by atoms with Crippen molar-refractivity contribution >= 4 is 132 Å². The van der Waals surface area contributed by atoms with Crippen LogP contribution in [0.15, 0.2) is 72.8 Å². The average Bonchev–Trinajstić information content (AvgIpc) is 3.36. The lowest BCUT2D eigenvalue weighted by Crippen LogP contribution is -2.44. The van der Waals surface area contributed by atoms with Gasteiger partial charge in [0.25, 0.3) is 23.6 Å². The highest BCUT2D eigenvalue weighted by Crippen LogP contribution is 2.31. The lowest BCUT2D eigenvalue weighted by molar-refractivity contribution is -0.170. The van der Waals surface area contributed by atoms with Crippen LogP contribution in [-0.4, -0.2) is 145 Å². The van der Waals surface area contributed by atoms with E-state index < -0.39 is 70.8 Å². The van der Waals surface area contributed by atoms with Crippen LogP contribution in [0.2, 0.25) is 0 Å². The summed E-state index contributed by atoms with van der Waals surface area (Å²) in [7, 11) is 0. The van der Waals surface area contributed by atoms with Crippen LogP contribution in [0, 0.1) is 11.3 Å². The SMILES string of the molecule is C[C@H](CC(=O)OCCN1C(=O)c2cccc3cccc(c23)C1=O)C(=O)OCCN1C(=O)c2cccc3cccc(c23)C1=O.O=C(CCS)OCC(COC(=O)CCS)(COC(=O)CCS)COC(=O)CCS. The molecular formula is C50H54N2O16S4. The van der Waals surface area contributed by atoms with Gasteiger partial charge in [0.05, 0.1) is 51.1 Å². The molecular weight excluding hydrogens is 1010 g/mol. The quantitative estimate of drug-likeness (QED) is 0.0281. The molecule has 0 spiro atoms.